The van der Waals surface area contributed by atoms with Crippen molar-refractivity contribution in [2.24, 2.45) is 13.0 Å². The molecular formula is C14H24N4O3. The number of hydrogen-bond donors (Lipinski definition) is 2. The molecule has 0 saturated heterocycles. The topological polar surface area (TPSA) is 93.5 Å². The predicted molar refractivity (Wildman–Crippen MR) is 84.7 cm³/mol. The van der Waals surface area contributed by atoms with Crippen LogP contribution >= 0.6 is 0 Å². The molecule has 3 N–H and O–H groups in total. The molecule has 0 saturated carbocycles. The van der Waals surface area contributed by atoms with Gasteiger partial charge in [0, 0.05) is 26.7 Å². The van der Waals surface area contributed by atoms with Crippen molar-refractivity contribution in [3.05, 3.63) is 33.5 Å². The molecule has 118 valence electrons. The number of nitrogens with zero attached hydrogens (tertiary/aromatic N) is 3. The standard InChI is InChI=1S/C14H24N4O3/c1-5-6-17(7-8-19)11-12(15)18(9-10(2)3)14(21)16(4)13(11)20/h5,10,19H,1,6-9,15H2,2-4H3. The Morgan fingerprint density at radius 1 is 1.43 bits per heavy atom. The Morgan fingerprint density at radius 2 is 2.05 bits per heavy atom. The van der Waals surface area contributed by atoms with Crippen molar-refractivity contribution in [2.75, 3.05) is 30.3 Å². The summed E-state index contributed by atoms with van der Waals surface area (Å²) in [5, 5.41) is 9.15. The number of aliphatic hydroxyl groups excluding tert-OH is 1. The van der Waals surface area contributed by atoms with E-state index in [-0.39, 0.29) is 30.6 Å². The van der Waals surface area contributed by atoms with E-state index in [0.29, 0.717) is 13.1 Å². The van der Waals surface area contributed by atoms with Gasteiger partial charge in [0.15, 0.2) is 0 Å². The van der Waals surface area contributed by atoms with Crippen LogP contribution in [0, 0.1) is 5.92 Å². The highest BCUT2D eigenvalue weighted by Crippen LogP contribution is 2.17. The van der Waals surface area contributed by atoms with E-state index in [0.717, 1.165) is 4.57 Å². The van der Waals surface area contributed by atoms with Crippen LogP contribution in [0.4, 0.5) is 11.5 Å². The molecule has 1 aromatic rings. The van der Waals surface area contributed by atoms with Gasteiger partial charge in [-0.1, -0.05) is 19.9 Å². The fourth-order valence-corrected chi connectivity index (χ4v) is 2.18. The highest BCUT2D eigenvalue weighted by Gasteiger charge is 2.20. The van der Waals surface area contributed by atoms with Crippen LogP contribution in [0.3, 0.4) is 0 Å². The first-order chi connectivity index (χ1) is 9.84. The normalized spacial score (nSPS) is 10.9. The van der Waals surface area contributed by atoms with Crippen LogP contribution in [-0.2, 0) is 13.6 Å². The molecule has 0 aliphatic heterocycles. The summed E-state index contributed by atoms with van der Waals surface area (Å²) in [5.41, 5.74) is 5.39. The van der Waals surface area contributed by atoms with Gasteiger partial charge in [-0.15, -0.1) is 6.58 Å². The lowest BCUT2D eigenvalue weighted by Crippen LogP contribution is -2.44. The fourth-order valence-electron chi connectivity index (χ4n) is 2.18. The minimum Gasteiger partial charge on any atom is -0.395 e. The summed E-state index contributed by atoms with van der Waals surface area (Å²) in [6, 6.07) is 0. The average molecular weight is 296 g/mol. The van der Waals surface area contributed by atoms with Gasteiger partial charge in [-0.05, 0) is 5.92 Å². The molecular weight excluding hydrogens is 272 g/mol. The van der Waals surface area contributed by atoms with Crippen LogP contribution in [0.5, 0.6) is 0 Å². The third-order valence-electron chi connectivity index (χ3n) is 3.14. The fraction of sp³-hybridized carbons (Fsp3) is 0.571. The quantitative estimate of drug-likeness (QED) is 0.678. The molecule has 0 spiro atoms. The highest BCUT2D eigenvalue weighted by atomic mass is 16.3. The molecule has 1 rings (SSSR count). The molecule has 0 amide bonds. The molecule has 0 fully saturated rings. The molecule has 0 aliphatic rings. The van der Waals surface area contributed by atoms with Crippen molar-refractivity contribution in [1.29, 1.82) is 0 Å². The Hall–Kier alpha value is -2.02. The minimum atomic E-state index is -0.465. The SMILES string of the molecule is C=CCN(CCO)c1c(N)n(CC(C)C)c(=O)n(C)c1=O. The van der Waals surface area contributed by atoms with Gasteiger partial charge in [0.25, 0.3) is 5.56 Å². The number of nitrogen functional groups attached to an aromatic ring is 1. The second-order valence-corrected chi connectivity index (χ2v) is 5.34. The number of anilines is 2. The Labute approximate surface area is 123 Å². The molecule has 0 atom stereocenters. The maximum Gasteiger partial charge on any atom is 0.332 e. The third kappa shape index (κ3) is 3.55. The monoisotopic (exact) mass is 296 g/mol. The summed E-state index contributed by atoms with van der Waals surface area (Å²) in [5.74, 6) is 0.341. The Kier molecular flexibility index (Phi) is 5.78. The van der Waals surface area contributed by atoms with Gasteiger partial charge in [0.2, 0.25) is 0 Å². The van der Waals surface area contributed by atoms with Gasteiger partial charge in [0.05, 0.1) is 6.61 Å². The maximum atomic E-state index is 12.4. The zero-order valence-corrected chi connectivity index (χ0v) is 12.9. The average Bonchev–Trinajstić information content (AvgIpc) is 2.42. The second kappa shape index (κ2) is 7.12. The van der Waals surface area contributed by atoms with Gasteiger partial charge < -0.3 is 15.7 Å². The summed E-state index contributed by atoms with van der Waals surface area (Å²) in [6.07, 6.45) is 1.62. The van der Waals surface area contributed by atoms with Crippen LogP contribution in [0.15, 0.2) is 22.2 Å². The van der Waals surface area contributed by atoms with Gasteiger partial charge in [-0.25, -0.2) is 4.79 Å². The van der Waals surface area contributed by atoms with E-state index in [1.54, 1.807) is 11.0 Å². The number of nitrogens with two attached hydrogens (primary N) is 1. The molecule has 7 nitrogen and oxygen atoms in total. The zero-order chi connectivity index (χ0) is 16.2. The molecule has 0 radical (unpaired) electrons. The third-order valence-corrected chi connectivity index (χ3v) is 3.14. The molecule has 1 aromatic heterocycles. The molecule has 0 bridgehead atoms. The van der Waals surface area contributed by atoms with Crippen molar-refractivity contribution < 1.29 is 5.11 Å². The van der Waals surface area contributed by atoms with Crippen LogP contribution in [0.1, 0.15) is 13.8 Å². The van der Waals surface area contributed by atoms with Gasteiger partial charge >= 0.3 is 5.69 Å². The summed E-state index contributed by atoms with van der Waals surface area (Å²) >= 11 is 0. The lowest BCUT2D eigenvalue weighted by atomic mass is 10.2. The lowest BCUT2D eigenvalue weighted by Gasteiger charge is -2.25. The Bertz CT molecular complexity index is 616. The first-order valence-electron chi connectivity index (χ1n) is 6.91. The summed E-state index contributed by atoms with van der Waals surface area (Å²) in [4.78, 5) is 26.2. The van der Waals surface area contributed by atoms with E-state index in [2.05, 4.69) is 6.58 Å². The first-order valence-corrected chi connectivity index (χ1v) is 6.91. The molecule has 0 aromatic carbocycles. The van der Waals surface area contributed by atoms with Gasteiger partial charge in [-0.3, -0.25) is 13.9 Å². The molecule has 1 heterocycles. The van der Waals surface area contributed by atoms with Crippen molar-refractivity contribution >= 4 is 11.5 Å². The first kappa shape index (κ1) is 17.0. The number of aromatic nitrogens is 2. The van der Waals surface area contributed by atoms with Gasteiger partial charge in [0.1, 0.15) is 11.5 Å². The number of aliphatic hydroxyl groups is 1. The van der Waals surface area contributed by atoms with Crippen LogP contribution < -0.4 is 21.9 Å². The zero-order valence-electron chi connectivity index (χ0n) is 12.9. The minimum absolute atomic E-state index is 0.125. The second-order valence-electron chi connectivity index (χ2n) is 5.34. The van der Waals surface area contributed by atoms with E-state index in [1.165, 1.54) is 11.6 Å². The molecule has 0 unspecified atom stereocenters. The number of rotatable bonds is 7. The van der Waals surface area contributed by atoms with Crippen LogP contribution in [-0.4, -0.2) is 33.9 Å². The van der Waals surface area contributed by atoms with E-state index in [4.69, 9.17) is 10.8 Å². The summed E-state index contributed by atoms with van der Waals surface area (Å²) in [6.45, 7) is 8.47. The molecule has 0 aliphatic carbocycles. The van der Waals surface area contributed by atoms with Crippen LogP contribution in [0.25, 0.3) is 0 Å². The van der Waals surface area contributed by atoms with E-state index in [9.17, 15) is 9.59 Å². The highest BCUT2D eigenvalue weighted by molar-refractivity contribution is 5.63. The van der Waals surface area contributed by atoms with E-state index in [1.807, 2.05) is 13.8 Å². The summed E-state index contributed by atoms with van der Waals surface area (Å²) < 4.78 is 2.44. The van der Waals surface area contributed by atoms with Crippen molar-refractivity contribution in [2.45, 2.75) is 20.4 Å². The largest absolute Gasteiger partial charge is 0.395 e. The van der Waals surface area contributed by atoms with Crippen molar-refractivity contribution in [3.63, 3.8) is 0 Å². The maximum absolute atomic E-state index is 12.4. The van der Waals surface area contributed by atoms with Crippen molar-refractivity contribution in [3.8, 4) is 0 Å². The Balaban J connectivity index is 3.57. The van der Waals surface area contributed by atoms with Crippen molar-refractivity contribution in [1.82, 2.24) is 9.13 Å². The smallest absolute Gasteiger partial charge is 0.332 e. The summed E-state index contributed by atoms with van der Waals surface area (Å²) in [7, 11) is 1.43. The van der Waals surface area contributed by atoms with Crippen LogP contribution in [0.2, 0.25) is 0 Å². The number of hydrogen-bond acceptors (Lipinski definition) is 5. The molecule has 7 heteroatoms. The van der Waals surface area contributed by atoms with Gasteiger partial charge in [-0.2, -0.15) is 0 Å². The molecule has 21 heavy (non-hydrogen) atoms. The lowest BCUT2D eigenvalue weighted by molar-refractivity contribution is 0.302. The van der Waals surface area contributed by atoms with E-state index >= 15 is 0 Å². The van der Waals surface area contributed by atoms with E-state index < -0.39 is 11.2 Å². The predicted octanol–water partition coefficient (Wildman–Crippen LogP) is -0.230. The Morgan fingerprint density at radius 3 is 2.52 bits per heavy atom.